The lowest BCUT2D eigenvalue weighted by atomic mass is 9.75. The molecule has 5 nitrogen and oxygen atoms in total. The zero-order valence-electron chi connectivity index (χ0n) is 14.9. The molecule has 5 heteroatoms. The van der Waals surface area contributed by atoms with E-state index in [4.69, 9.17) is 9.47 Å². The van der Waals surface area contributed by atoms with Gasteiger partial charge in [0.1, 0.15) is 12.6 Å². The molecule has 1 heterocycles. The van der Waals surface area contributed by atoms with Crippen LogP contribution in [0.25, 0.3) is 0 Å². The zero-order chi connectivity index (χ0) is 17.0. The summed E-state index contributed by atoms with van der Waals surface area (Å²) in [4.78, 5) is 25.9. The molecule has 1 aliphatic heterocycles. The van der Waals surface area contributed by atoms with Crippen molar-refractivity contribution >= 4 is 11.9 Å². The van der Waals surface area contributed by atoms with Crippen molar-refractivity contribution in [3.63, 3.8) is 0 Å². The van der Waals surface area contributed by atoms with Crippen molar-refractivity contribution in [1.82, 2.24) is 4.90 Å². The molecule has 1 aliphatic carbocycles. The second-order valence-electron chi connectivity index (χ2n) is 7.44. The van der Waals surface area contributed by atoms with E-state index in [0.29, 0.717) is 30.7 Å². The average molecular weight is 325 g/mol. The number of carbonyl (C=O) groups excluding carboxylic acids is 2. The molecule has 0 aromatic carbocycles. The van der Waals surface area contributed by atoms with Crippen molar-refractivity contribution in [3.05, 3.63) is 0 Å². The highest BCUT2D eigenvalue weighted by Crippen LogP contribution is 2.35. The standard InChI is InChI=1S/C18H31NO4/c1-12(2)14-8-7-13(3)10-16(14)23-11-17(20)19-9-5-6-15(19)18(21)22-4/h12-16H,5-11H2,1-4H3/t13?,14?,15-,16?/m0/s1. The first-order valence-electron chi connectivity index (χ1n) is 8.93. The minimum atomic E-state index is -0.428. The lowest BCUT2D eigenvalue weighted by molar-refractivity contribution is -0.154. The summed E-state index contributed by atoms with van der Waals surface area (Å²) in [6.45, 7) is 7.41. The Bertz CT molecular complexity index is 423. The van der Waals surface area contributed by atoms with Gasteiger partial charge >= 0.3 is 5.97 Å². The van der Waals surface area contributed by atoms with Crippen LogP contribution >= 0.6 is 0 Å². The number of methoxy groups -OCH3 is 1. The van der Waals surface area contributed by atoms with Crippen molar-refractivity contribution in [2.24, 2.45) is 17.8 Å². The Morgan fingerprint density at radius 3 is 2.61 bits per heavy atom. The predicted octanol–water partition coefficient (Wildman–Crippen LogP) is 2.63. The molecule has 0 spiro atoms. The van der Waals surface area contributed by atoms with Gasteiger partial charge in [-0.25, -0.2) is 4.79 Å². The van der Waals surface area contributed by atoms with Crippen LogP contribution in [0.2, 0.25) is 0 Å². The van der Waals surface area contributed by atoms with E-state index in [2.05, 4.69) is 20.8 Å². The van der Waals surface area contributed by atoms with Crippen LogP contribution in [0.15, 0.2) is 0 Å². The Balaban J connectivity index is 1.90. The van der Waals surface area contributed by atoms with Crippen LogP contribution in [0, 0.1) is 17.8 Å². The average Bonchev–Trinajstić information content (AvgIpc) is 3.01. The summed E-state index contributed by atoms with van der Waals surface area (Å²) in [6.07, 6.45) is 5.13. The van der Waals surface area contributed by atoms with Gasteiger partial charge in [0.25, 0.3) is 0 Å². The van der Waals surface area contributed by atoms with E-state index in [1.807, 2.05) is 0 Å². The molecule has 0 aromatic rings. The predicted molar refractivity (Wildman–Crippen MR) is 87.8 cm³/mol. The fourth-order valence-electron chi connectivity index (χ4n) is 4.01. The molecule has 4 atom stereocenters. The molecule has 0 bridgehead atoms. The zero-order valence-corrected chi connectivity index (χ0v) is 14.9. The van der Waals surface area contributed by atoms with E-state index >= 15 is 0 Å². The van der Waals surface area contributed by atoms with Crippen molar-refractivity contribution in [2.75, 3.05) is 20.3 Å². The van der Waals surface area contributed by atoms with Crippen LogP contribution < -0.4 is 0 Å². The summed E-state index contributed by atoms with van der Waals surface area (Å²) < 4.78 is 10.8. The summed E-state index contributed by atoms with van der Waals surface area (Å²) in [5.41, 5.74) is 0. The molecule has 2 rings (SSSR count). The van der Waals surface area contributed by atoms with E-state index in [1.54, 1.807) is 4.90 Å². The van der Waals surface area contributed by atoms with Gasteiger partial charge < -0.3 is 14.4 Å². The number of amides is 1. The fraction of sp³-hybridized carbons (Fsp3) is 0.889. The van der Waals surface area contributed by atoms with Gasteiger partial charge in [0, 0.05) is 6.54 Å². The summed E-state index contributed by atoms with van der Waals surface area (Å²) in [7, 11) is 1.37. The van der Waals surface area contributed by atoms with Crippen LogP contribution in [0.3, 0.4) is 0 Å². The minimum absolute atomic E-state index is 0.0775. The van der Waals surface area contributed by atoms with E-state index in [1.165, 1.54) is 20.0 Å². The Kier molecular flexibility index (Phi) is 6.45. The number of nitrogens with zero attached hydrogens (tertiary/aromatic N) is 1. The van der Waals surface area contributed by atoms with E-state index in [0.717, 1.165) is 12.8 Å². The Labute approximate surface area is 139 Å². The molecule has 2 aliphatic rings. The third-order valence-electron chi connectivity index (χ3n) is 5.43. The van der Waals surface area contributed by atoms with Crippen molar-refractivity contribution in [2.45, 2.75) is 65.0 Å². The normalized spacial score (nSPS) is 31.4. The first kappa shape index (κ1) is 18.2. The molecule has 3 unspecified atom stereocenters. The summed E-state index contributed by atoms with van der Waals surface area (Å²) in [6, 6.07) is -0.428. The lowest BCUT2D eigenvalue weighted by Crippen LogP contribution is -2.44. The van der Waals surface area contributed by atoms with Crippen molar-refractivity contribution < 1.29 is 19.1 Å². The van der Waals surface area contributed by atoms with Crippen molar-refractivity contribution in [3.8, 4) is 0 Å². The smallest absolute Gasteiger partial charge is 0.328 e. The topological polar surface area (TPSA) is 55.8 Å². The third kappa shape index (κ3) is 4.46. The van der Waals surface area contributed by atoms with Gasteiger partial charge in [-0.15, -0.1) is 0 Å². The number of hydrogen-bond acceptors (Lipinski definition) is 4. The molecule has 0 N–H and O–H groups in total. The SMILES string of the molecule is COC(=O)[C@@H]1CCCN1C(=O)COC1CC(C)CCC1C(C)C. The molecular formula is C18H31NO4. The summed E-state index contributed by atoms with van der Waals surface area (Å²) >= 11 is 0. The largest absolute Gasteiger partial charge is 0.467 e. The maximum absolute atomic E-state index is 12.5. The first-order valence-corrected chi connectivity index (χ1v) is 8.93. The van der Waals surface area contributed by atoms with Crippen molar-refractivity contribution in [1.29, 1.82) is 0 Å². The highest BCUT2D eigenvalue weighted by Gasteiger charge is 2.36. The number of carbonyl (C=O) groups is 2. The minimum Gasteiger partial charge on any atom is -0.467 e. The quantitative estimate of drug-likeness (QED) is 0.729. The molecule has 0 radical (unpaired) electrons. The van der Waals surface area contributed by atoms with Gasteiger partial charge in [0.2, 0.25) is 5.91 Å². The third-order valence-corrected chi connectivity index (χ3v) is 5.43. The Morgan fingerprint density at radius 2 is 1.96 bits per heavy atom. The Morgan fingerprint density at radius 1 is 1.22 bits per heavy atom. The van der Waals surface area contributed by atoms with Crippen LogP contribution in [0.4, 0.5) is 0 Å². The molecule has 23 heavy (non-hydrogen) atoms. The van der Waals surface area contributed by atoms with Gasteiger partial charge in [-0.3, -0.25) is 4.79 Å². The second-order valence-corrected chi connectivity index (χ2v) is 7.44. The molecule has 2 fully saturated rings. The molecule has 132 valence electrons. The monoisotopic (exact) mass is 325 g/mol. The Hall–Kier alpha value is -1.10. The maximum Gasteiger partial charge on any atom is 0.328 e. The molecule has 1 saturated heterocycles. The number of rotatable bonds is 5. The lowest BCUT2D eigenvalue weighted by Gasteiger charge is -2.37. The highest BCUT2D eigenvalue weighted by molar-refractivity contribution is 5.85. The van der Waals surface area contributed by atoms with Gasteiger partial charge in [-0.05, 0) is 43.4 Å². The van der Waals surface area contributed by atoms with E-state index < -0.39 is 6.04 Å². The molecule has 1 amide bonds. The molecule has 0 aromatic heterocycles. The maximum atomic E-state index is 12.5. The van der Waals surface area contributed by atoms with E-state index in [-0.39, 0.29) is 24.6 Å². The number of ether oxygens (including phenoxy) is 2. The molecular weight excluding hydrogens is 294 g/mol. The highest BCUT2D eigenvalue weighted by atomic mass is 16.5. The fourth-order valence-corrected chi connectivity index (χ4v) is 4.01. The van der Waals surface area contributed by atoms with Gasteiger partial charge in [-0.1, -0.05) is 27.2 Å². The van der Waals surface area contributed by atoms with Crippen LogP contribution in [0.1, 0.15) is 52.9 Å². The van der Waals surface area contributed by atoms with Gasteiger partial charge in [-0.2, -0.15) is 0 Å². The summed E-state index contributed by atoms with van der Waals surface area (Å²) in [5, 5.41) is 0. The number of esters is 1. The molecule has 1 saturated carbocycles. The first-order chi connectivity index (χ1) is 10.9. The van der Waals surface area contributed by atoms with Crippen LogP contribution in [0.5, 0.6) is 0 Å². The summed E-state index contributed by atoms with van der Waals surface area (Å²) in [5.74, 6) is 1.34. The number of hydrogen-bond donors (Lipinski definition) is 0. The van der Waals surface area contributed by atoms with Gasteiger partial charge in [0.05, 0.1) is 13.2 Å². The number of likely N-dealkylation sites (tertiary alicyclic amines) is 1. The van der Waals surface area contributed by atoms with E-state index in [9.17, 15) is 9.59 Å². The van der Waals surface area contributed by atoms with Crippen LogP contribution in [-0.4, -0.2) is 49.2 Å². The second kappa shape index (κ2) is 8.13. The van der Waals surface area contributed by atoms with Gasteiger partial charge in [0.15, 0.2) is 0 Å². The van der Waals surface area contributed by atoms with Crippen LogP contribution in [-0.2, 0) is 19.1 Å².